The van der Waals surface area contributed by atoms with Gasteiger partial charge in [0.05, 0.1) is 6.04 Å². The van der Waals surface area contributed by atoms with Crippen LogP contribution in [0, 0.1) is 5.92 Å². The molecule has 0 radical (unpaired) electrons. The van der Waals surface area contributed by atoms with Crippen molar-refractivity contribution in [3.8, 4) is 0 Å². The summed E-state index contributed by atoms with van der Waals surface area (Å²) in [6, 6.07) is -0.915. The van der Waals surface area contributed by atoms with Crippen LogP contribution in [0.4, 0.5) is 0 Å². The van der Waals surface area contributed by atoms with Gasteiger partial charge >= 0.3 is 5.97 Å². The summed E-state index contributed by atoms with van der Waals surface area (Å²) in [5.41, 5.74) is 0. The lowest BCUT2D eigenvalue weighted by Crippen LogP contribution is -2.48. The van der Waals surface area contributed by atoms with Crippen molar-refractivity contribution in [2.75, 3.05) is 13.6 Å². The van der Waals surface area contributed by atoms with E-state index in [1.165, 1.54) is 4.90 Å². The van der Waals surface area contributed by atoms with E-state index in [4.69, 9.17) is 5.11 Å². The maximum atomic E-state index is 11.8. The third-order valence-corrected chi connectivity index (χ3v) is 2.81. The van der Waals surface area contributed by atoms with Crippen molar-refractivity contribution >= 4 is 11.9 Å². The highest BCUT2D eigenvalue weighted by Gasteiger charge is 2.39. The minimum absolute atomic E-state index is 0.0675. The lowest BCUT2D eigenvalue weighted by atomic mass is 10.0. The van der Waals surface area contributed by atoms with Crippen LogP contribution in [0.3, 0.4) is 0 Å². The zero-order valence-electron chi connectivity index (χ0n) is 9.36. The van der Waals surface area contributed by atoms with Gasteiger partial charge in [0.2, 0.25) is 5.91 Å². The van der Waals surface area contributed by atoms with Gasteiger partial charge in [-0.1, -0.05) is 13.8 Å². The first-order chi connectivity index (χ1) is 6.99. The maximum absolute atomic E-state index is 11.8. The van der Waals surface area contributed by atoms with Crippen molar-refractivity contribution < 1.29 is 14.7 Å². The SMILES string of the molecule is CNC1CCN(C(C(=O)O)C(C)C)C1=O. The number of carboxylic acid groups (broad SMARTS) is 1. The second-order valence-electron chi connectivity index (χ2n) is 4.19. The maximum Gasteiger partial charge on any atom is 0.326 e. The molecule has 1 amide bonds. The van der Waals surface area contributed by atoms with Gasteiger partial charge in [0.15, 0.2) is 0 Å². The number of likely N-dealkylation sites (N-methyl/N-ethyl adjacent to an activating group) is 1. The van der Waals surface area contributed by atoms with Gasteiger partial charge in [-0.15, -0.1) is 0 Å². The molecular weight excluding hydrogens is 196 g/mol. The molecule has 0 saturated carbocycles. The molecule has 86 valence electrons. The molecule has 1 heterocycles. The molecule has 2 atom stereocenters. The summed E-state index contributed by atoms with van der Waals surface area (Å²) in [6.07, 6.45) is 0.686. The number of nitrogens with zero attached hydrogens (tertiary/aromatic N) is 1. The van der Waals surface area contributed by atoms with Crippen LogP contribution in [0.1, 0.15) is 20.3 Å². The number of carbonyl (C=O) groups excluding carboxylic acids is 1. The highest BCUT2D eigenvalue weighted by molar-refractivity contribution is 5.88. The monoisotopic (exact) mass is 214 g/mol. The first kappa shape index (κ1) is 12.0. The number of hydrogen-bond donors (Lipinski definition) is 2. The minimum Gasteiger partial charge on any atom is -0.480 e. The average molecular weight is 214 g/mol. The van der Waals surface area contributed by atoms with Crippen LogP contribution in [0.25, 0.3) is 0 Å². The molecule has 1 aliphatic heterocycles. The zero-order chi connectivity index (χ0) is 11.6. The number of hydrogen-bond acceptors (Lipinski definition) is 3. The summed E-state index contributed by atoms with van der Waals surface area (Å²) in [7, 11) is 1.72. The van der Waals surface area contributed by atoms with E-state index >= 15 is 0 Å². The number of aliphatic carboxylic acids is 1. The zero-order valence-corrected chi connectivity index (χ0v) is 9.36. The molecule has 0 aromatic heterocycles. The smallest absolute Gasteiger partial charge is 0.326 e. The van der Waals surface area contributed by atoms with Crippen molar-refractivity contribution in [1.29, 1.82) is 0 Å². The number of rotatable bonds is 4. The lowest BCUT2D eigenvalue weighted by Gasteiger charge is -2.27. The normalized spacial score (nSPS) is 23.6. The molecule has 2 N–H and O–H groups in total. The van der Waals surface area contributed by atoms with Crippen molar-refractivity contribution in [1.82, 2.24) is 10.2 Å². The molecule has 2 unspecified atom stereocenters. The van der Waals surface area contributed by atoms with E-state index < -0.39 is 12.0 Å². The molecule has 5 nitrogen and oxygen atoms in total. The van der Waals surface area contributed by atoms with Gasteiger partial charge in [-0.2, -0.15) is 0 Å². The van der Waals surface area contributed by atoms with Crippen LogP contribution in [-0.2, 0) is 9.59 Å². The predicted octanol–water partition coefficient (Wildman–Crippen LogP) is -0.0841. The van der Waals surface area contributed by atoms with Crippen LogP contribution in [0.2, 0.25) is 0 Å². The Balaban J connectivity index is 2.79. The topological polar surface area (TPSA) is 69.6 Å². The van der Waals surface area contributed by atoms with Gasteiger partial charge in [0, 0.05) is 6.54 Å². The molecule has 0 aromatic carbocycles. The Labute approximate surface area is 89.4 Å². The second kappa shape index (κ2) is 4.61. The summed E-state index contributed by atoms with van der Waals surface area (Å²) < 4.78 is 0. The molecule has 0 bridgehead atoms. The van der Waals surface area contributed by atoms with E-state index in [9.17, 15) is 9.59 Å². The Bertz CT molecular complexity index is 265. The number of carboxylic acids is 1. The fraction of sp³-hybridized carbons (Fsp3) is 0.800. The van der Waals surface area contributed by atoms with E-state index in [0.717, 1.165) is 0 Å². The summed E-state index contributed by atoms with van der Waals surface area (Å²) in [6.45, 7) is 4.16. The highest BCUT2D eigenvalue weighted by atomic mass is 16.4. The molecule has 1 fully saturated rings. The standard InChI is InChI=1S/C10H18N2O3/c1-6(2)8(10(14)15)12-5-4-7(11-3)9(12)13/h6-8,11H,4-5H2,1-3H3,(H,14,15). The average Bonchev–Trinajstić information content (AvgIpc) is 2.47. The quantitative estimate of drug-likeness (QED) is 0.686. The highest BCUT2D eigenvalue weighted by Crippen LogP contribution is 2.19. The number of likely N-dealkylation sites (tertiary alicyclic amines) is 1. The Morgan fingerprint density at radius 3 is 2.53 bits per heavy atom. The second-order valence-corrected chi connectivity index (χ2v) is 4.19. The molecule has 1 aliphatic rings. The Morgan fingerprint density at radius 1 is 1.60 bits per heavy atom. The summed E-state index contributed by atoms with van der Waals surface area (Å²) >= 11 is 0. The fourth-order valence-electron chi connectivity index (χ4n) is 2.02. The van der Waals surface area contributed by atoms with E-state index in [1.807, 2.05) is 13.8 Å². The third-order valence-electron chi connectivity index (χ3n) is 2.81. The molecule has 1 saturated heterocycles. The van der Waals surface area contributed by atoms with Gasteiger partial charge < -0.3 is 15.3 Å². The Kier molecular flexibility index (Phi) is 3.68. The van der Waals surface area contributed by atoms with E-state index in [2.05, 4.69) is 5.32 Å². The van der Waals surface area contributed by atoms with Crippen LogP contribution >= 0.6 is 0 Å². The van der Waals surface area contributed by atoms with E-state index in [1.54, 1.807) is 7.05 Å². The predicted molar refractivity (Wildman–Crippen MR) is 55.4 cm³/mol. The number of nitrogens with one attached hydrogen (secondary N) is 1. The van der Waals surface area contributed by atoms with Crippen molar-refractivity contribution in [3.05, 3.63) is 0 Å². The van der Waals surface area contributed by atoms with Crippen LogP contribution in [-0.4, -0.2) is 47.6 Å². The van der Waals surface area contributed by atoms with Crippen molar-refractivity contribution in [3.63, 3.8) is 0 Å². The molecule has 5 heteroatoms. The van der Waals surface area contributed by atoms with Crippen molar-refractivity contribution in [2.24, 2.45) is 5.92 Å². The first-order valence-corrected chi connectivity index (χ1v) is 5.19. The number of amides is 1. The third kappa shape index (κ3) is 2.28. The largest absolute Gasteiger partial charge is 0.480 e. The summed E-state index contributed by atoms with van der Waals surface area (Å²) in [4.78, 5) is 24.3. The van der Waals surface area contributed by atoms with E-state index in [-0.39, 0.29) is 17.9 Å². The molecule has 0 aromatic rings. The van der Waals surface area contributed by atoms with Gasteiger partial charge in [-0.25, -0.2) is 4.79 Å². The summed E-state index contributed by atoms with van der Waals surface area (Å²) in [5.74, 6) is -1.09. The minimum atomic E-state index is -0.921. The molecule has 1 rings (SSSR count). The molecule has 15 heavy (non-hydrogen) atoms. The van der Waals surface area contributed by atoms with Gasteiger partial charge in [-0.3, -0.25) is 4.79 Å². The Hall–Kier alpha value is -1.10. The van der Waals surface area contributed by atoms with Gasteiger partial charge in [-0.05, 0) is 19.4 Å². The summed E-state index contributed by atoms with van der Waals surface area (Å²) in [5, 5.41) is 12.0. The lowest BCUT2D eigenvalue weighted by molar-refractivity contribution is -0.150. The molecule has 0 aliphatic carbocycles. The van der Waals surface area contributed by atoms with Gasteiger partial charge in [0.1, 0.15) is 6.04 Å². The molecule has 0 spiro atoms. The van der Waals surface area contributed by atoms with Crippen LogP contribution in [0.5, 0.6) is 0 Å². The van der Waals surface area contributed by atoms with Crippen LogP contribution < -0.4 is 5.32 Å². The van der Waals surface area contributed by atoms with Crippen LogP contribution in [0.15, 0.2) is 0 Å². The molecular formula is C10H18N2O3. The Morgan fingerprint density at radius 2 is 2.20 bits per heavy atom. The van der Waals surface area contributed by atoms with Crippen molar-refractivity contribution in [2.45, 2.75) is 32.4 Å². The number of carbonyl (C=O) groups is 2. The van der Waals surface area contributed by atoms with E-state index in [0.29, 0.717) is 13.0 Å². The first-order valence-electron chi connectivity index (χ1n) is 5.19. The fourth-order valence-corrected chi connectivity index (χ4v) is 2.02. The van der Waals surface area contributed by atoms with Gasteiger partial charge in [0.25, 0.3) is 0 Å².